The number of fused-ring (bicyclic) bond motifs is 5. The summed E-state index contributed by atoms with van der Waals surface area (Å²) in [5, 5.41) is 16.3. The second-order valence-electron chi connectivity index (χ2n) is 9.83. The van der Waals surface area contributed by atoms with Gasteiger partial charge >= 0.3 is 0 Å². The first-order valence-electron chi connectivity index (χ1n) is 13.5. The summed E-state index contributed by atoms with van der Waals surface area (Å²) in [5.74, 6) is 2.31. The molecule has 0 saturated carbocycles. The summed E-state index contributed by atoms with van der Waals surface area (Å²) in [6, 6.07) is 22.6. The molecule has 5 aromatic rings. The number of para-hydroxylation sites is 1. The highest BCUT2D eigenvalue weighted by atomic mass is 32.2. The van der Waals surface area contributed by atoms with Crippen molar-refractivity contribution in [1.29, 1.82) is 0 Å². The van der Waals surface area contributed by atoms with Gasteiger partial charge in [0, 0.05) is 11.3 Å². The van der Waals surface area contributed by atoms with Gasteiger partial charge in [0.15, 0.2) is 16.8 Å². The van der Waals surface area contributed by atoms with E-state index in [-0.39, 0.29) is 5.75 Å². The van der Waals surface area contributed by atoms with Gasteiger partial charge in [0.1, 0.15) is 5.75 Å². The van der Waals surface area contributed by atoms with Gasteiger partial charge in [0.25, 0.3) is 0 Å². The highest BCUT2D eigenvalue weighted by molar-refractivity contribution is 7.99. The SMILES string of the molecule is CCCCCCSc1nc(-c2ccccc2O)nc(-c2cc3c(ccc4ccccc43)c3c2C=CCC3)n1. The minimum absolute atomic E-state index is 0.176. The number of phenolic OH excluding ortho intramolecular Hbond substituents is 1. The van der Waals surface area contributed by atoms with Crippen molar-refractivity contribution >= 4 is 39.4 Å². The molecular formula is C33H31N3OS. The summed E-state index contributed by atoms with van der Waals surface area (Å²) >= 11 is 1.68. The summed E-state index contributed by atoms with van der Waals surface area (Å²) in [6.45, 7) is 2.23. The number of allylic oxidation sites excluding steroid dienone is 1. The van der Waals surface area contributed by atoms with Crippen molar-refractivity contribution in [2.75, 3.05) is 5.75 Å². The lowest BCUT2D eigenvalue weighted by molar-refractivity contribution is 0.477. The molecule has 1 aliphatic carbocycles. The normalized spacial score (nSPS) is 12.8. The Morgan fingerprint density at radius 3 is 2.47 bits per heavy atom. The third kappa shape index (κ3) is 4.79. The lowest BCUT2D eigenvalue weighted by atomic mass is 9.86. The molecule has 6 rings (SSSR count). The number of thioether (sulfide) groups is 1. The van der Waals surface area contributed by atoms with Crippen LogP contribution in [0, 0.1) is 0 Å². The Hall–Kier alpha value is -3.70. The molecule has 38 heavy (non-hydrogen) atoms. The Labute approximate surface area is 227 Å². The molecule has 0 aliphatic heterocycles. The zero-order chi connectivity index (χ0) is 25.9. The van der Waals surface area contributed by atoms with E-state index in [0.717, 1.165) is 30.6 Å². The Morgan fingerprint density at radius 1 is 0.789 bits per heavy atom. The van der Waals surface area contributed by atoms with E-state index in [1.807, 2.05) is 18.2 Å². The topological polar surface area (TPSA) is 58.9 Å². The van der Waals surface area contributed by atoms with Gasteiger partial charge in [-0.05, 0) is 70.1 Å². The zero-order valence-corrected chi connectivity index (χ0v) is 22.5. The minimum atomic E-state index is 0.176. The van der Waals surface area contributed by atoms with E-state index in [9.17, 15) is 5.11 Å². The third-order valence-corrected chi connectivity index (χ3v) is 8.21. The van der Waals surface area contributed by atoms with Crippen LogP contribution in [0.5, 0.6) is 5.75 Å². The fourth-order valence-corrected chi connectivity index (χ4v) is 6.17. The van der Waals surface area contributed by atoms with Crippen LogP contribution < -0.4 is 0 Å². The molecule has 190 valence electrons. The average Bonchev–Trinajstić information content (AvgIpc) is 2.96. The fraction of sp³-hybridized carbons (Fsp3) is 0.242. The molecule has 0 saturated heterocycles. The average molecular weight is 518 g/mol. The first kappa shape index (κ1) is 24.6. The van der Waals surface area contributed by atoms with Crippen LogP contribution in [0.3, 0.4) is 0 Å². The van der Waals surface area contributed by atoms with Gasteiger partial charge in [-0.2, -0.15) is 0 Å². The number of aromatic hydroxyl groups is 1. The van der Waals surface area contributed by atoms with Crippen molar-refractivity contribution in [3.63, 3.8) is 0 Å². The van der Waals surface area contributed by atoms with Crippen molar-refractivity contribution in [3.8, 4) is 28.5 Å². The first-order valence-corrected chi connectivity index (χ1v) is 14.5. The first-order chi connectivity index (χ1) is 18.7. The molecule has 0 atom stereocenters. The van der Waals surface area contributed by atoms with Gasteiger partial charge in [0.05, 0.1) is 5.56 Å². The van der Waals surface area contributed by atoms with E-state index in [0.29, 0.717) is 22.4 Å². The molecule has 0 amide bonds. The molecule has 1 aliphatic rings. The Kier molecular flexibility index (Phi) is 7.10. The summed E-state index contributed by atoms with van der Waals surface area (Å²) in [7, 11) is 0. The molecule has 0 radical (unpaired) electrons. The largest absolute Gasteiger partial charge is 0.507 e. The van der Waals surface area contributed by atoms with Gasteiger partial charge < -0.3 is 5.11 Å². The molecule has 4 aromatic carbocycles. The molecule has 1 heterocycles. The molecule has 0 spiro atoms. The number of unbranched alkanes of at least 4 members (excludes halogenated alkanes) is 3. The Balaban J connectivity index is 1.54. The maximum absolute atomic E-state index is 10.6. The van der Waals surface area contributed by atoms with Gasteiger partial charge in [-0.3, -0.25) is 0 Å². The number of phenols is 1. The fourth-order valence-electron chi connectivity index (χ4n) is 5.33. The van der Waals surface area contributed by atoms with Crippen molar-refractivity contribution < 1.29 is 5.11 Å². The smallest absolute Gasteiger partial charge is 0.191 e. The van der Waals surface area contributed by atoms with E-state index < -0.39 is 0 Å². The number of hydrogen-bond donors (Lipinski definition) is 1. The van der Waals surface area contributed by atoms with Crippen LogP contribution in [0.1, 0.15) is 50.2 Å². The second-order valence-corrected chi connectivity index (χ2v) is 10.9. The second kappa shape index (κ2) is 11.0. The lowest BCUT2D eigenvalue weighted by Gasteiger charge is -2.19. The van der Waals surface area contributed by atoms with Crippen LogP contribution in [0.25, 0.3) is 50.4 Å². The molecule has 0 bridgehead atoms. The standard InChI is InChI=1S/C33H31N3OS/c1-2-3-4-11-20-38-33-35-31(27-16-9-10-17-30(27)37)34-32(36-33)29-21-28-23-13-6-5-12-22(23)18-19-26(28)24-14-7-8-15-25(24)29/h5-6,8-10,12-13,15-19,21,37H,2-4,7,11,14,20H2,1H3. The molecule has 0 fully saturated rings. The number of aryl methyl sites for hydroxylation is 1. The van der Waals surface area contributed by atoms with Crippen LogP contribution in [-0.4, -0.2) is 25.8 Å². The summed E-state index contributed by atoms with van der Waals surface area (Å²) in [4.78, 5) is 14.7. The van der Waals surface area contributed by atoms with Gasteiger partial charge in [-0.1, -0.05) is 98.6 Å². The highest BCUT2D eigenvalue weighted by Gasteiger charge is 2.20. The van der Waals surface area contributed by atoms with Crippen LogP contribution >= 0.6 is 11.8 Å². The predicted molar refractivity (Wildman–Crippen MR) is 160 cm³/mol. The van der Waals surface area contributed by atoms with Crippen LogP contribution in [-0.2, 0) is 6.42 Å². The van der Waals surface area contributed by atoms with E-state index in [1.165, 1.54) is 51.9 Å². The lowest BCUT2D eigenvalue weighted by Crippen LogP contribution is -2.04. The highest BCUT2D eigenvalue weighted by Crippen LogP contribution is 2.39. The van der Waals surface area contributed by atoms with Crippen molar-refractivity contribution in [2.24, 2.45) is 0 Å². The van der Waals surface area contributed by atoms with E-state index in [2.05, 4.69) is 61.5 Å². The number of benzene rings is 4. The molecule has 5 heteroatoms. The number of aromatic nitrogens is 3. The minimum Gasteiger partial charge on any atom is -0.507 e. The zero-order valence-electron chi connectivity index (χ0n) is 21.7. The summed E-state index contributed by atoms with van der Waals surface area (Å²) in [5.41, 5.74) is 4.18. The maximum Gasteiger partial charge on any atom is 0.191 e. The molecule has 1 aromatic heterocycles. The van der Waals surface area contributed by atoms with Crippen LogP contribution in [0.4, 0.5) is 0 Å². The molecule has 0 unspecified atom stereocenters. The van der Waals surface area contributed by atoms with Crippen molar-refractivity contribution in [1.82, 2.24) is 15.0 Å². The van der Waals surface area contributed by atoms with Crippen LogP contribution in [0.15, 0.2) is 78.0 Å². The van der Waals surface area contributed by atoms with Crippen molar-refractivity contribution in [2.45, 2.75) is 50.6 Å². The van der Waals surface area contributed by atoms with E-state index in [4.69, 9.17) is 15.0 Å². The molecular weight excluding hydrogens is 486 g/mol. The maximum atomic E-state index is 10.6. The Bertz CT molecular complexity index is 1660. The van der Waals surface area contributed by atoms with E-state index in [1.54, 1.807) is 17.8 Å². The number of hydrogen-bond acceptors (Lipinski definition) is 5. The predicted octanol–water partition coefficient (Wildman–Crippen LogP) is 8.85. The Morgan fingerprint density at radius 2 is 1.61 bits per heavy atom. The molecule has 1 N–H and O–H groups in total. The van der Waals surface area contributed by atoms with Gasteiger partial charge in [0.2, 0.25) is 0 Å². The molecule has 4 nitrogen and oxygen atoms in total. The quantitative estimate of drug-likeness (QED) is 0.127. The van der Waals surface area contributed by atoms with Crippen LogP contribution in [0.2, 0.25) is 0 Å². The van der Waals surface area contributed by atoms with Crippen molar-refractivity contribution in [3.05, 3.63) is 83.9 Å². The summed E-state index contributed by atoms with van der Waals surface area (Å²) in [6.07, 6.45) is 11.3. The number of rotatable bonds is 8. The van der Waals surface area contributed by atoms with Gasteiger partial charge in [-0.15, -0.1) is 0 Å². The third-order valence-electron chi connectivity index (χ3n) is 7.28. The van der Waals surface area contributed by atoms with Gasteiger partial charge in [-0.25, -0.2) is 15.0 Å². The monoisotopic (exact) mass is 517 g/mol. The number of nitrogens with zero attached hydrogens (tertiary/aromatic N) is 3. The van der Waals surface area contributed by atoms with E-state index >= 15 is 0 Å². The summed E-state index contributed by atoms with van der Waals surface area (Å²) < 4.78 is 0.